The van der Waals surface area contributed by atoms with E-state index in [4.69, 9.17) is 17.0 Å². The number of carbonyl (C=O) groups is 1. The number of amides is 1. The van der Waals surface area contributed by atoms with Gasteiger partial charge < -0.3 is 16.0 Å². The van der Waals surface area contributed by atoms with Crippen LogP contribution in [0.3, 0.4) is 0 Å². The third-order valence-corrected chi connectivity index (χ3v) is 4.20. The lowest BCUT2D eigenvalue weighted by atomic mass is 10.2. The summed E-state index contributed by atoms with van der Waals surface area (Å²) < 4.78 is 14.0. The highest BCUT2D eigenvalue weighted by atomic mass is 35.5. The van der Waals surface area contributed by atoms with E-state index in [0.717, 1.165) is 17.1 Å². The number of hydrogen-bond donors (Lipinski definition) is 3. The average molecular weight is 383 g/mol. The monoisotopic (exact) mass is 382 g/mol. The summed E-state index contributed by atoms with van der Waals surface area (Å²) in [5, 5.41) is 13.9. The number of anilines is 2. The molecule has 136 valence electrons. The van der Waals surface area contributed by atoms with Crippen LogP contribution in [0.5, 0.6) is 0 Å². The Morgan fingerprint density at radius 1 is 1.11 bits per heavy atom. The van der Waals surface area contributed by atoms with E-state index in [-0.39, 0.29) is 16.3 Å². The van der Waals surface area contributed by atoms with Gasteiger partial charge in [-0.1, -0.05) is 35.9 Å². The van der Waals surface area contributed by atoms with E-state index in [1.54, 1.807) is 19.1 Å². The number of pyridine rings is 1. The highest BCUT2D eigenvalue weighted by Crippen LogP contribution is 2.24. The number of aromatic nitrogens is 1. The largest absolute Gasteiger partial charge is 0.356 e. The molecule has 0 bridgehead atoms. The van der Waals surface area contributed by atoms with Gasteiger partial charge in [0.2, 0.25) is 0 Å². The summed E-state index contributed by atoms with van der Waals surface area (Å²) in [4.78, 5) is 16.9. The molecule has 0 aliphatic rings. The van der Waals surface area contributed by atoms with Crippen molar-refractivity contribution in [1.82, 2.24) is 4.98 Å². The van der Waals surface area contributed by atoms with E-state index >= 15 is 0 Å². The standard InChI is InChI=1S/C20H16ClFN4O/c1-12(24-17-8-4-6-15(21)19(17)22)14(11-23)20(27)26-18-10-9-13-5-2-3-7-16(13)25-18/h2-11,23-24H,1H3,(H,25,26,27)/b14-12+,23-11?. The Labute approximate surface area is 160 Å². The van der Waals surface area contributed by atoms with Gasteiger partial charge in [-0.05, 0) is 37.3 Å². The second-order valence-corrected chi connectivity index (χ2v) is 6.16. The summed E-state index contributed by atoms with van der Waals surface area (Å²) in [5.41, 5.74) is 1.22. The van der Waals surface area contributed by atoms with Crippen LogP contribution in [0.4, 0.5) is 15.9 Å². The first kappa shape index (κ1) is 18.5. The number of nitrogens with one attached hydrogen (secondary N) is 3. The Balaban J connectivity index is 1.84. The fraction of sp³-hybridized carbons (Fsp3) is 0.0500. The van der Waals surface area contributed by atoms with Gasteiger partial charge in [-0.2, -0.15) is 0 Å². The van der Waals surface area contributed by atoms with Gasteiger partial charge in [0.05, 0.1) is 21.8 Å². The summed E-state index contributed by atoms with van der Waals surface area (Å²) in [5.74, 6) is -0.792. The van der Waals surface area contributed by atoms with Gasteiger partial charge in [-0.15, -0.1) is 0 Å². The van der Waals surface area contributed by atoms with Crippen molar-refractivity contribution in [2.45, 2.75) is 6.92 Å². The Morgan fingerprint density at radius 2 is 1.89 bits per heavy atom. The SMILES string of the molecule is C/C(Nc1cccc(Cl)c1F)=C(/C=N)C(=O)Nc1ccc2ccccc2n1. The number of rotatable bonds is 5. The van der Waals surface area contributed by atoms with Gasteiger partial charge in [0.15, 0.2) is 5.82 Å². The second-order valence-electron chi connectivity index (χ2n) is 5.75. The summed E-state index contributed by atoms with van der Waals surface area (Å²) in [7, 11) is 0. The fourth-order valence-electron chi connectivity index (χ4n) is 2.53. The molecular weight excluding hydrogens is 367 g/mol. The van der Waals surface area contributed by atoms with E-state index in [2.05, 4.69) is 15.6 Å². The predicted molar refractivity (Wildman–Crippen MR) is 107 cm³/mol. The highest BCUT2D eigenvalue weighted by Gasteiger charge is 2.14. The maximum atomic E-state index is 14.0. The molecule has 0 aliphatic heterocycles. The van der Waals surface area contributed by atoms with Gasteiger partial charge in [-0.25, -0.2) is 9.37 Å². The molecule has 0 fully saturated rings. The average Bonchev–Trinajstić information content (AvgIpc) is 2.66. The zero-order valence-electron chi connectivity index (χ0n) is 14.4. The van der Waals surface area contributed by atoms with Crippen LogP contribution in [-0.2, 0) is 4.79 Å². The van der Waals surface area contributed by atoms with Crippen LogP contribution < -0.4 is 10.6 Å². The number of fused-ring (bicyclic) bond motifs is 1. The number of allylic oxidation sites excluding steroid dienone is 1. The lowest BCUT2D eigenvalue weighted by Crippen LogP contribution is -2.19. The topological polar surface area (TPSA) is 77.9 Å². The van der Waals surface area contributed by atoms with E-state index in [1.165, 1.54) is 12.1 Å². The molecule has 1 amide bonds. The number of benzene rings is 2. The Hall–Kier alpha value is -3.25. The molecule has 3 N–H and O–H groups in total. The van der Waals surface area contributed by atoms with E-state index in [9.17, 15) is 9.18 Å². The zero-order valence-corrected chi connectivity index (χ0v) is 15.1. The van der Waals surface area contributed by atoms with Crippen LogP contribution in [0.15, 0.2) is 65.9 Å². The minimum atomic E-state index is -0.626. The molecule has 5 nitrogen and oxygen atoms in total. The minimum absolute atomic E-state index is 0.0333. The predicted octanol–water partition coefficient (Wildman–Crippen LogP) is 5.00. The van der Waals surface area contributed by atoms with Crippen LogP contribution in [0.1, 0.15) is 6.92 Å². The molecular formula is C20H16ClFN4O. The number of halogens is 2. The van der Waals surface area contributed by atoms with Crippen molar-refractivity contribution in [2.75, 3.05) is 10.6 Å². The second kappa shape index (κ2) is 7.97. The van der Waals surface area contributed by atoms with Crippen molar-refractivity contribution >= 4 is 46.1 Å². The number of carbonyl (C=O) groups excluding carboxylic acids is 1. The van der Waals surface area contributed by atoms with Crippen LogP contribution >= 0.6 is 11.6 Å². The molecule has 0 radical (unpaired) electrons. The van der Waals surface area contributed by atoms with Crippen molar-refractivity contribution in [3.63, 3.8) is 0 Å². The number of nitrogens with zero attached hydrogens (tertiary/aromatic N) is 1. The van der Waals surface area contributed by atoms with Crippen LogP contribution in [0, 0.1) is 11.2 Å². The molecule has 0 atom stereocenters. The molecule has 0 saturated carbocycles. The fourth-order valence-corrected chi connectivity index (χ4v) is 2.71. The molecule has 3 rings (SSSR count). The van der Waals surface area contributed by atoms with E-state index in [1.807, 2.05) is 30.3 Å². The van der Waals surface area contributed by atoms with Crippen LogP contribution in [-0.4, -0.2) is 17.1 Å². The molecule has 1 heterocycles. The van der Waals surface area contributed by atoms with E-state index < -0.39 is 11.7 Å². The Bertz CT molecular complexity index is 1060. The van der Waals surface area contributed by atoms with Crippen molar-refractivity contribution in [1.29, 1.82) is 5.41 Å². The number of para-hydroxylation sites is 1. The molecule has 7 heteroatoms. The molecule has 0 aliphatic carbocycles. The normalized spacial score (nSPS) is 11.7. The summed E-state index contributed by atoms with van der Waals surface area (Å²) in [6.07, 6.45) is 0.904. The lowest BCUT2D eigenvalue weighted by Gasteiger charge is -2.12. The first-order chi connectivity index (χ1) is 13.0. The van der Waals surface area contributed by atoms with Crippen molar-refractivity contribution in [3.05, 3.63) is 76.7 Å². The maximum absolute atomic E-state index is 14.0. The Morgan fingerprint density at radius 3 is 2.67 bits per heavy atom. The molecule has 2 aromatic carbocycles. The summed E-state index contributed by atoms with van der Waals surface area (Å²) >= 11 is 5.76. The maximum Gasteiger partial charge on any atom is 0.260 e. The zero-order chi connectivity index (χ0) is 19.4. The van der Waals surface area contributed by atoms with Gasteiger partial charge in [0, 0.05) is 17.3 Å². The first-order valence-corrected chi connectivity index (χ1v) is 8.47. The molecule has 3 aromatic rings. The van der Waals surface area contributed by atoms with E-state index in [0.29, 0.717) is 11.5 Å². The molecule has 27 heavy (non-hydrogen) atoms. The minimum Gasteiger partial charge on any atom is -0.356 e. The van der Waals surface area contributed by atoms with Crippen molar-refractivity contribution in [2.24, 2.45) is 0 Å². The third-order valence-electron chi connectivity index (χ3n) is 3.91. The quantitative estimate of drug-likeness (QED) is 0.429. The highest BCUT2D eigenvalue weighted by molar-refractivity contribution is 6.31. The van der Waals surface area contributed by atoms with Crippen molar-refractivity contribution < 1.29 is 9.18 Å². The van der Waals surface area contributed by atoms with Gasteiger partial charge in [-0.3, -0.25) is 4.79 Å². The molecule has 0 saturated heterocycles. The third kappa shape index (κ3) is 4.12. The van der Waals surface area contributed by atoms with Crippen LogP contribution in [0.25, 0.3) is 10.9 Å². The molecule has 1 aromatic heterocycles. The molecule has 0 spiro atoms. The number of hydrogen-bond acceptors (Lipinski definition) is 4. The van der Waals surface area contributed by atoms with Crippen molar-refractivity contribution in [3.8, 4) is 0 Å². The lowest BCUT2D eigenvalue weighted by molar-refractivity contribution is -0.112. The molecule has 0 unspecified atom stereocenters. The summed E-state index contributed by atoms with van der Waals surface area (Å²) in [6.45, 7) is 1.58. The smallest absolute Gasteiger partial charge is 0.260 e. The van der Waals surface area contributed by atoms with Gasteiger partial charge in [0.25, 0.3) is 5.91 Å². The Kier molecular flexibility index (Phi) is 5.47. The summed E-state index contributed by atoms with van der Waals surface area (Å²) in [6, 6.07) is 15.6. The van der Waals surface area contributed by atoms with Gasteiger partial charge in [0.1, 0.15) is 5.82 Å². The van der Waals surface area contributed by atoms with Crippen LogP contribution in [0.2, 0.25) is 5.02 Å². The first-order valence-electron chi connectivity index (χ1n) is 8.09. The van der Waals surface area contributed by atoms with Gasteiger partial charge >= 0.3 is 0 Å².